The summed E-state index contributed by atoms with van der Waals surface area (Å²) in [7, 11) is 0. The molecule has 3 rings (SSSR count). The Morgan fingerprint density at radius 3 is 2.54 bits per heavy atom. The average molecular weight is 352 g/mol. The average Bonchev–Trinajstić information content (AvgIpc) is 2.60. The highest BCUT2D eigenvalue weighted by molar-refractivity contribution is 5.82. The third-order valence-electron chi connectivity index (χ3n) is 4.37. The molecule has 0 bridgehead atoms. The molecule has 0 unspecified atom stereocenters. The summed E-state index contributed by atoms with van der Waals surface area (Å²) in [4.78, 5) is 23.0. The first kappa shape index (κ1) is 17.7. The van der Waals surface area contributed by atoms with Crippen LogP contribution in [0.15, 0.2) is 51.7 Å². The van der Waals surface area contributed by atoms with E-state index in [4.69, 9.17) is 14.3 Å². The van der Waals surface area contributed by atoms with Crippen molar-refractivity contribution in [3.05, 3.63) is 75.1 Å². The molecule has 0 aliphatic heterocycles. The van der Waals surface area contributed by atoms with Gasteiger partial charge in [-0.15, -0.1) is 0 Å². The van der Waals surface area contributed by atoms with Crippen LogP contribution < -0.4 is 10.4 Å². The minimum absolute atomic E-state index is 0.102. The minimum atomic E-state index is -0.941. The van der Waals surface area contributed by atoms with Gasteiger partial charge in [0.25, 0.3) is 0 Å². The summed E-state index contributed by atoms with van der Waals surface area (Å²) in [6.45, 7) is 4.26. The molecule has 26 heavy (non-hydrogen) atoms. The van der Waals surface area contributed by atoms with Crippen LogP contribution >= 0.6 is 0 Å². The third kappa shape index (κ3) is 3.94. The number of benzene rings is 2. The summed E-state index contributed by atoms with van der Waals surface area (Å²) in [6, 6.07) is 13.4. The summed E-state index contributed by atoms with van der Waals surface area (Å²) >= 11 is 0. The summed E-state index contributed by atoms with van der Waals surface area (Å²) < 4.78 is 11.2. The molecule has 1 N–H and O–H groups in total. The fraction of sp³-hybridized carbons (Fsp3) is 0.238. The second kappa shape index (κ2) is 7.44. The molecule has 3 aromatic rings. The van der Waals surface area contributed by atoms with Gasteiger partial charge >= 0.3 is 11.6 Å². The topological polar surface area (TPSA) is 76.7 Å². The molecule has 0 radical (unpaired) electrons. The molecule has 0 saturated heterocycles. The van der Waals surface area contributed by atoms with Crippen molar-refractivity contribution in [2.45, 2.75) is 33.3 Å². The van der Waals surface area contributed by atoms with Gasteiger partial charge in [-0.2, -0.15) is 0 Å². The number of hydrogen-bond acceptors (Lipinski definition) is 4. The van der Waals surface area contributed by atoms with Crippen molar-refractivity contribution in [2.75, 3.05) is 0 Å². The molecule has 0 fully saturated rings. The van der Waals surface area contributed by atoms with Gasteiger partial charge in [-0.25, -0.2) is 4.79 Å². The van der Waals surface area contributed by atoms with E-state index in [1.165, 1.54) is 5.56 Å². The van der Waals surface area contributed by atoms with Crippen LogP contribution in [0.5, 0.6) is 5.75 Å². The Morgan fingerprint density at radius 1 is 1.12 bits per heavy atom. The van der Waals surface area contributed by atoms with E-state index in [1.807, 2.05) is 50.2 Å². The highest BCUT2D eigenvalue weighted by Gasteiger charge is 2.13. The molecule has 5 heteroatoms. The van der Waals surface area contributed by atoms with Crippen LogP contribution in [0.1, 0.15) is 28.7 Å². The molecule has 5 nitrogen and oxygen atoms in total. The molecule has 0 saturated carbocycles. The van der Waals surface area contributed by atoms with Crippen molar-refractivity contribution in [2.24, 2.45) is 0 Å². The largest absolute Gasteiger partial charge is 0.489 e. The van der Waals surface area contributed by atoms with Crippen molar-refractivity contribution in [1.29, 1.82) is 0 Å². The molecule has 2 aromatic carbocycles. The van der Waals surface area contributed by atoms with Gasteiger partial charge in [0, 0.05) is 23.4 Å². The number of rotatable bonds is 6. The van der Waals surface area contributed by atoms with Gasteiger partial charge in [-0.05, 0) is 43.5 Å². The Bertz CT molecular complexity index is 999. The highest BCUT2D eigenvalue weighted by atomic mass is 16.5. The molecule has 0 aliphatic rings. The van der Waals surface area contributed by atoms with Gasteiger partial charge in [-0.3, -0.25) is 4.79 Å². The lowest BCUT2D eigenvalue weighted by Gasteiger charge is -2.10. The molecule has 134 valence electrons. The predicted octanol–water partition coefficient (Wildman–Crippen LogP) is 4.01. The smallest absolute Gasteiger partial charge is 0.339 e. The number of hydrogen-bond donors (Lipinski definition) is 1. The molecular formula is C21H20O5. The zero-order chi connectivity index (χ0) is 18.7. The third-order valence-corrected chi connectivity index (χ3v) is 4.37. The van der Waals surface area contributed by atoms with Crippen LogP contribution in [0.25, 0.3) is 11.0 Å². The Hall–Kier alpha value is -3.08. The standard InChI is InChI=1S/C21H20O5/c1-13-3-5-15(6-4-13)12-25-16-7-8-17-14(2)18(9-10-20(22)23)21(24)26-19(17)11-16/h3-8,11H,9-10,12H2,1-2H3,(H,22,23). The monoisotopic (exact) mass is 352 g/mol. The number of fused-ring (bicyclic) bond motifs is 1. The maximum absolute atomic E-state index is 12.2. The quantitative estimate of drug-likeness (QED) is 0.678. The van der Waals surface area contributed by atoms with E-state index in [0.29, 0.717) is 23.5 Å². The Labute approximate surface area is 150 Å². The number of aryl methyl sites for hydroxylation is 2. The van der Waals surface area contributed by atoms with Crippen LogP contribution in [0.3, 0.4) is 0 Å². The van der Waals surface area contributed by atoms with E-state index in [1.54, 1.807) is 6.07 Å². The number of aliphatic carboxylic acids is 1. The lowest BCUT2D eigenvalue weighted by atomic mass is 10.0. The molecule has 1 aromatic heterocycles. The number of carboxylic acid groups (broad SMARTS) is 1. The van der Waals surface area contributed by atoms with E-state index in [2.05, 4.69) is 0 Å². The maximum Gasteiger partial charge on any atom is 0.339 e. The summed E-state index contributed by atoms with van der Waals surface area (Å²) in [6.07, 6.45) is 0.0555. The molecular weight excluding hydrogens is 332 g/mol. The van der Waals surface area contributed by atoms with Gasteiger partial charge < -0.3 is 14.3 Å². The Kier molecular flexibility index (Phi) is 5.07. The minimum Gasteiger partial charge on any atom is -0.489 e. The summed E-state index contributed by atoms with van der Waals surface area (Å²) in [5.41, 5.74) is 3.35. The second-order valence-corrected chi connectivity index (χ2v) is 6.32. The second-order valence-electron chi connectivity index (χ2n) is 6.32. The summed E-state index contributed by atoms with van der Waals surface area (Å²) in [5.74, 6) is -0.331. The SMILES string of the molecule is Cc1ccc(COc2ccc3c(C)c(CCC(=O)O)c(=O)oc3c2)cc1. The zero-order valence-electron chi connectivity index (χ0n) is 14.7. The molecule has 0 amide bonds. The lowest BCUT2D eigenvalue weighted by Crippen LogP contribution is -2.12. The summed E-state index contributed by atoms with van der Waals surface area (Å²) in [5, 5.41) is 9.61. The van der Waals surface area contributed by atoms with Crippen LogP contribution in [0.4, 0.5) is 0 Å². The highest BCUT2D eigenvalue weighted by Crippen LogP contribution is 2.25. The van der Waals surface area contributed by atoms with Crippen molar-refractivity contribution in [1.82, 2.24) is 0 Å². The number of carboxylic acids is 1. The molecule has 0 atom stereocenters. The normalized spacial score (nSPS) is 10.8. The van der Waals surface area contributed by atoms with Crippen LogP contribution in [0.2, 0.25) is 0 Å². The van der Waals surface area contributed by atoms with Crippen molar-refractivity contribution in [3.8, 4) is 5.75 Å². The van der Waals surface area contributed by atoms with Gasteiger partial charge in [0.2, 0.25) is 0 Å². The number of carbonyl (C=O) groups is 1. The van der Waals surface area contributed by atoms with Crippen LogP contribution in [-0.2, 0) is 17.8 Å². The van der Waals surface area contributed by atoms with Crippen molar-refractivity contribution < 1.29 is 19.1 Å². The van der Waals surface area contributed by atoms with Crippen LogP contribution in [-0.4, -0.2) is 11.1 Å². The van der Waals surface area contributed by atoms with E-state index in [-0.39, 0.29) is 12.8 Å². The van der Waals surface area contributed by atoms with Crippen molar-refractivity contribution in [3.63, 3.8) is 0 Å². The van der Waals surface area contributed by atoms with E-state index >= 15 is 0 Å². The first-order chi connectivity index (χ1) is 12.4. The Balaban J connectivity index is 1.84. The van der Waals surface area contributed by atoms with Gasteiger partial charge in [0.15, 0.2) is 0 Å². The first-order valence-corrected chi connectivity index (χ1v) is 8.40. The van der Waals surface area contributed by atoms with E-state index < -0.39 is 11.6 Å². The van der Waals surface area contributed by atoms with Gasteiger partial charge in [0.05, 0.1) is 0 Å². The fourth-order valence-electron chi connectivity index (χ4n) is 2.84. The van der Waals surface area contributed by atoms with Gasteiger partial charge in [-0.1, -0.05) is 29.8 Å². The van der Waals surface area contributed by atoms with Crippen LogP contribution in [0, 0.1) is 13.8 Å². The molecule has 0 aliphatic carbocycles. The van der Waals surface area contributed by atoms with Crippen molar-refractivity contribution >= 4 is 16.9 Å². The predicted molar refractivity (Wildman–Crippen MR) is 98.7 cm³/mol. The van der Waals surface area contributed by atoms with E-state index in [0.717, 1.165) is 16.5 Å². The lowest BCUT2D eigenvalue weighted by molar-refractivity contribution is -0.136. The zero-order valence-corrected chi connectivity index (χ0v) is 14.7. The fourth-order valence-corrected chi connectivity index (χ4v) is 2.84. The first-order valence-electron chi connectivity index (χ1n) is 8.40. The Morgan fingerprint density at radius 2 is 1.85 bits per heavy atom. The van der Waals surface area contributed by atoms with Gasteiger partial charge in [0.1, 0.15) is 17.9 Å². The molecule has 1 heterocycles. The molecule has 0 spiro atoms. The van der Waals surface area contributed by atoms with E-state index in [9.17, 15) is 9.59 Å². The number of ether oxygens (including phenoxy) is 1. The maximum atomic E-state index is 12.2.